The lowest BCUT2D eigenvalue weighted by Crippen LogP contribution is -2.65. The lowest BCUT2D eigenvalue weighted by atomic mass is 9.87. The second-order valence-corrected chi connectivity index (χ2v) is 15.3. The molecule has 0 N–H and O–H groups in total. The molecule has 7 aromatic rings. The van der Waals surface area contributed by atoms with Crippen molar-refractivity contribution in [2.45, 2.75) is 6.55 Å². The lowest BCUT2D eigenvalue weighted by Gasteiger charge is -2.34. The summed E-state index contributed by atoms with van der Waals surface area (Å²) in [6, 6.07) is 60.7. The van der Waals surface area contributed by atoms with Crippen LogP contribution in [0.15, 0.2) is 164 Å². The van der Waals surface area contributed by atoms with Crippen LogP contribution < -0.4 is 15.6 Å². The molecule has 0 bridgehead atoms. The van der Waals surface area contributed by atoms with Crippen molar-refractivity contribution in [1.82, 2.24) is 0 Å². The second-order valence-electron chi connectivity index (χ2n) is 11.4. The summed E-state index contributed by atoms with van der Waals surface area (Å²) in [6.07, 6.45) is 0. The average molecular weight is 551 g/mol. The van der Waals surface area contributed by atoms with Gasteiger partial charge in [-0.25, -0.2) is 0 Å². The van der Waals surface area contributed by atoms with Crippen molar-refractivity contribution >= 4 is 34.4 Å². The summed E-state index contributed by atoms with van der Waals surface area (Å²) in [5, 5.41) is 6.95. The Morgan fingerprint density at radius 1 is 0.381 bits per heavy atom. The second kappa shape index (κ2) is 9.83. The van der Waals surface area contributed by atoms with E-state index in [2.05, 4.69) is 170 Å². The van der Waals surface area contributed by atoms with Gasteiger partial charge in [-0.2, -0.15) is 0 Å². The standard InChI is InChI=1S/C41H30Si/c1-42(32-22-10-4-11-23-32,33-24-12-5-13-25-33)37-28-36(29-16-6-2-7-17-29)40-34-26-14-20-30-21-15-27-35(38(30)34)41(40)39(37)31-18-8-3-9-19-31/h2-28H,1H3. The topological polar surface area (TPSA) is 0 Å². The zero-order chi connectivity index (χ0) is 28.1. The van der Waals surface area contributed by atoms with Crippen LogP contribution in [0.5, 0.6) is 0 Å². The first-order chi connectivity index (χ1) is 20.7. The van der Waals surface area contributed by atoms with Crippen LogP contribution in [0.3, 0.4) is 0 Å². The maximum absolute atomic E-state index is 2.56. The third-order valence-corrected chi connectivity index (χ3v) is 13.6. The molecule has 0 heterocycles. The van der Waals surface area contributed by atoms with Crippen molar-refractivity contribution in [2.24, 2.45) is 0 Å². The largest absolute Gasteiger partial charge is 0.146 e. The summed E-state index contributed by atoms with van der Waals surface area (Å²) in [6.45, 7) is 2.54. The van der Waals surface area contributed by atoms with E-state index in [0.29, 0.717) is 0 Å². The fraction of sp³-hybridized carbons (Fsp3) is 0.0244. The molecule has 198 valence electrons. The maximum Gasteiger partial charge on any atom is 0.146 e. The summed E-state index contributed by atoms with van der Waals surface area (Å²) in [7, 11) is -2.50. The molecular formula is C41H30Si. The number of hydrogen-bond acceptors (Lipinski definition) is 0. The molecule has 7 aromatic carbocycles. The molecule has 0 atom stereocenters. The number of benzene rings is 7. The van der Waals surface area contributed by atoms with E-state index in [1.165, 1.54) is 70.8 Å². The quantitative estimate of drug-likeness (QED) is 0.148. The normalized spacial score (nSPS) is 11.9. The summed E-state index contributed by atoms with van der Waals surface area (Å²) in [5.74, 6) is 0. The molecule has 0 fully saturated rings. The minimum atomic E-state index is -2.50. The molecule has 0 nitrogen and oxygen atoms in total. The van der Waals surface area contributed by atoms with Crippen LogP contribution >= 0.6 is 0 Å². The molecule has 0 aromatic heterocycles. The minimum absolute atomic E-state index is 1.26. The molecule has 0 saturated heterocycles. The van der Waals surface area contributed by atoms with Gasteiger partial charge in [-0.1, -0.05) is 170 Å². The SMILES string of the molecule is C[Si](c1ccccc1)(c1ccccc1)c1cc(-c2ccccc2)c2c(c1-c1ccccc1)-c1cccc3cccc-2c13. The Morgan fingerprint density at radius 3 is 1.40 bits per heavy atom. The number of hydrogen-bond donors (Lipinski definition) is 0. The fourth-order valence-electron chi connectivity index (χ4n) is 7.15. The van der Waals surface area contributed by atoms with E-state index in [9.17, 15) is 0 Å². The van der Waals surface area contributed by atoms with E-state index in [1.807, 2.05) is 0 Å². The van der Waals surface area contributed by atoms with Gasteiger partial charge in [0.1, 0.15) is 8.07 Å². The van der Waals surface area contributed by atoms with Crippen molar-refractivity contribution in [3.63, 3.8) is 0 Å². The maximum atomic E-state index is 2.56. The molecule has 0 radical (unpaired) electrons. The van der Waals surface area contributed by atoms with E-state index < -0.39 is 8.07 Å². The zero-order valence-electron chi connectivity index (χ0n) is 23.6. The molecule has 0 spiro atoms. The first-order valence-electron chi connectivity index (χ1n) is 14.7. The Labute approximate surface area is 248 Å². The first kappa shape index (κ1) is 24.8. The van der Waals surface area contributed by atoms with Crippen LogP contribution in [0.4, 0.5) is 0 Å². The zero-order valence-corrected chi connectivity index (χ0v) is 24.6. The highest BCUT2D eigenvalue weighted by atomic mass is 28.3. The van der Waals surface area contributed by atoms with E-state index in [4.69, 9.17) is 0 Å². The first-order valence-corrected chi connectivity index (χ1v) is 17.2. The number of rotatable bonds is 5. The van der Waals surface area contributed by atoms with Crippen molar-refractivity contribution in [3.8, 4) is 44.5 Å². The molecule has 1 aliphatic carbocycles. The van der Waals surface area contributed by atoms with Crippen LogP contribution in [0.1, 0.15) is 0 Å². The molecular weight excluding hydrogens is 521 g/mol. The van der Waals surface area contributed by atoms with Gasteiger partial charge in [0.2, 0.25) is 0 Å². The van der Waals surface area contributed by atoms with Gasteiger partial charge >= 0.3 is 0 Å². The molecule has 0 amide bonds. The molecule has 0 aliphatic heterocycles. The highest BCUT2D eigenvalue weighted by Crippen LogP contribution is 2.54. The van der Waals surface area contributed by atoms with Gasteiger partial charge < -0.3 is 0 Å². The minimum Gasteiger partial charge on any atom is -0.0624 e. The van der Waals surface area contributed by atoms with Crippen LogP contribution in [0, 0.1) is 0 Å². The van der Waals surface area contributed by atoms with Crippen LogP contribution in [0.25, 0.3) is 55.3 Å². The Balaban J connectivity index is 1.61. The summed E-state index contributed by atoms with van der Waals surface area (Å²) in [4.78, 5) is 0. The molecule has 42 heavy (non-hydrogen) atoms. The molecule has 8 rings (SSSR count). The monoisotopic (exact) mass is 550 g/mol. The third kappa shape index (κ3) is 3.67. The van der Waals surface area contributed by atoms with Crippen molar-refractivity contribution in [1.29, 1.82) is 0 Å². The fourth-order valence-corrected chi connectivity index (χ4v) is 11.0. The van der Waals surface area contributed by atoms with Gasteiger partial charge in [0, 0.05) is 0 Å². The van der Waals surface area contributed by atoms with E-state index >= 15 is 0 Å². The van der Waals surface area contributed by atoms with Gasteiger partial charge in [0.15, 0.2) is 0 Å². The highest BCUT2D eigenvalue weighted by Gasteiger charge is 2.40. The predicted octanol–water partition coefficient (Wildman–Crippen LogP) is 8.92. The van der Waals surface area contributed by atoms with Gasteiger partial charge in [0.05, 0.1) is 0 Å². The Kier molecular flexibility index (Phi) is 5.80. The Morgan fingerprint density at radius 2 is 0.857 bits per heavy atom. The molecule has 1 aliphatic rings. The van der Waals surface area contributed by atoms with Gasteiger partial charge in [-0.3, -0.25) is 0 Å². The summed E-state index contributed by atoms with van der Waals surface area (Å²) >= 11 is 0. The lowest BCUT2D eigenvalue weighted by molar-refractivity contribution is 1.59. The van der Waals surface area contributed by atoms with Gasteiger partial charge in [-0.15, -0.1) is 0 Å². The Hall–Kier alpha value is -4.98. The van der Waals surface area contributed by atoms with Crippen LogP contribution in [-0.4, -0.2) is 8.07 Å². The highest BCUT2D eigenvalue weighted by molar-refractivity contribution is 7.11. The van der Waals surface area contributed by atoms with Gasteiger partial charge in [-0.05, 0) is 70.8 Å². The summed E-state index contributed by atoms with van der Waals surface area (Å²) in [5.41, 5.74) is 10.6. The van der Waals surface area contributed by atoms with Crippen molar-refractivity contribution in [3.05, 3.63) is 164 Å². The summed E-state index contributed by atoms with van der Waals surface area (Å²) < 4.78 is 0. The van der Waals surface area contributed by atoms with E-state index in [0.717, 1.165) is 0 Å². The smallest absolute Gasteiger partial charge is 0.0624 e. The van der Waals surface area contributed by atoms with Crippen LogP contribution in [0.2, 0.25) is 6.55 Å². The third-order valence-electron chi connectivity index (χ3n) is 9.16. The van der Waals surface area contributed by atoms with Gasteiger partial charge in [0.25, 0.3) is 0 Å². The Bertz CT molecular complexity index is 2020. The molecule has 0 saturated carbocycles. The van der Waals surface area contributed by atoms with Crippen molar-refractivity contribution < 1.29 is 0 Å². The number of fused-ring (bicyclic) bond motifs is 3. The average Bonchev–Trinajstić information content (AvgIpc) is 3.41. The molecule has 1 heteroatoms. The molecule has 0 unspecified atom stereocenters. The van der Waals surface area contributed by atoms with Crippen molar-refractivity contribution in [2.75, 3.05) is 0 Å². The van der Waals surface area contributed by atoms with E-state index in [1.54, 1.807) is 0 Å². The van der Waals surface area contributed by atoms with Crippen LogP contribution in [-0.2, 0) is 0 Å². The predicted molar refractivity (Wildman–Crippen MR) is 183 cm³/mol. The van der Waals surface area contributed by atoms with E-state index in [-0.39, 0.29) is 0 Å².